The van der Waals surface area contributed by atoms with Gasteiger partial charge < -0.3 is 35.3 Å². The van der Waals surface area contributed by atoms with Gasteiger partial charge in [0, 0.05) is 28.2 Å². The summed E-state index contributed by atoms with van der Waals surface area (Å²) in [7, 11) is 1.25. The molecule has 3 aromatic heterocycles. The van der Waals surface area contributed by atoms with Gasteiger partial charge in [-0.3, -0.25) is 14.5 Å². The van der Waals surface area contributed by atoms with E-state index in [-0.39, 0.29) is 40.3 Å². The maximum atomic E-state index is 13.0. The van der Waals surface area contributed by atoms with Gasteiger partial charge in [0.05, 0.1) is 11.7 Å². The molecule has 0 aromatic carbocycles. The molecule has 4 N–H and O–H groups in total. The van der Waals surface area contributed by atoms with Crippen LogP contribution in [0.1, 0.15) is 16.2 Å². The number of hydrogen-bond acceptors (Lipinski definition) is 12. The highest BCUT2D eigenvalue weighted by Crippen LogP contribution is 2.40. The number of furan rings is 1. The first-order valence-electron chi connectivity index (χ1n) is 10.8. The lowest BCUT2D eigenvalue weighted by atomic mass is 10.0. The molecule has 0 saturated carbocycles. The summed E-state index contributed by atoms with van der Waals surface area (Å²) in [6.07, 6.45) is 3.18. The molecule has 1 fully saturated rings. The van der Waals surface area contributed by atoms with Crippen LogP contribution >= 0.6 is 23.1 Å². The van der Waals surface area contributed by atoms with Gasteiger partial charge in [0.15, 0.2) is 29.2 Å². The van der Waals surface area contributed by atoms with Crippen molar-refractivity contribution in [1.29, 1.82) is 0 Å². The fourth-order valence-corrected chi connectivity index (χ4v) is 6.02. The van der Waals surface area contributed by atoms with Crippen LogP contribution in [0.15, 0.2) is 50.7 Å². The smallest absolute Gasteiger partial charge is 0.371 e. The molecule has 3 aromatic rings. The van der Waals surface area contributed by atoms with Crippen LogP contribution in [0.25, 0.3) is 11.0 Å². The number of nitrogens with one attached hydrogen (secondary N) is 1. The minimum Gasteiger partial charge on any atom is -0.543 e. The zero-order valence-corrected chi connectivity index (χ0v) is 21.1. The van der Waals surface area contributed by atoms with Gasteiger partial charge in [-0.15, -0.1) is 23.1 Å². The Hall–Kier alpha value is -4.44. The van der Waals surface area contributed by atoms with Crippen molar-refractivity contribution in [3.63, 3.8) is 0 Å². The number of pyridine rings is 1. The average Bonchev–Trinajstić information content (AvgIpc) is 3.51. The molecule has 2 atom stereocenters. The van der Waals surface area contributed by atoms with Crippen molar-refractivity contribution in [2.45, 2.75) is 18.0 Å². The third-order valence-corrected chi connectivity index (χ3v) is 7.81. The van der Waals surface area contributed by atoms with Gasteiger partial charge in [-0.05, 0) is 6.07 Å². The number of carbonyl (C=O) groups excluding carboxylic acids is 3. The average molecular weight is 559 g/mol. The van der Waals surface area contributed by atoms with Crippen molar-refractivity contribution in [2.75, 3.05) is 18.6 Å². The minimum atomic E-state index is -1.53. The third kappa shape index (κ3) is 4.43. The predicted octanol–water partition coefficient (Wildman–Crippen LogP) is -1.09. The van der Waals surface area contributed by atoms with E-state index >= 15 is 0 Å². The number of nitrogens with zero attached hydrogens (tertiary/aromatic N) is 4. The van der Waals surface area contributed by atoms with Gasteiger partial charge in [-0.1, -0.05) is 5.16 Å². The summed E-state index contributed by atoms with van der Waals surface area (Å²) in [6, 6.07) is 2.01. The summed E-state index contributed by atoms with van der Waals surface area (Å²) in [5.74, 6) is -4.09. The number of anilines is 1. The van der Waals surface area contributed by atoms with Crippen LogP contribution in [0.2, 0.25) is 0 Å². The number of carboxylic acid groups (broad SMARTS) is 2. The number of fused-ring (bicyclic) bond motifs is 2. The van der Waals surface area contributed by atoms with E-state index in [1.807, 2.05) is 0 Å². The monoisotopic (exact) mass is 558 g/mol. The first-order chi connectivity index (χ1) is 18.2. The number of thioether (sulfide) groups is 1. The van der Waals surface area contributed by atoms with Crippen LogP contribution in [-0.2, 0) is 25.8 Å². The number of aromatic carboxylic acids is 1. The van der Waals surface area contributed by atoms with Crippen LogP contribution < -0.4 is 20.7 Å². The number of amides is 2. The van der Waals surface area contributed by atoms with Gasteiger partial charge in [0.25, 0.3) is 11.8 Å². The topological polar surface area (TPSA) is 204 Å². The minimum absolute atomic E-state index is 0.0821. The van der Waals surface area contributed by atoms with Gasteiger partial charge in [0.2, 0.25) is 12.0 Å². The molecule has 5 heterocycles. The Labute approximate surface area is 221 Å². The van der Waals surface area contributed by atoms with E-state index in [1.165, 1.54) is 30.3 Å². The Morgan fingerprint density at radius 3 is 2.89 bits per heavy atom. The molecule has 0 aliphatic carbocycles. The molecule has 2 amide bonds. The zero-order valence-electron chi connectivity index (χ0n) is 19.4. The first-order valence-corrected chi connectivity index (χ1v) is 12.8. The van der Waals surface area contributed by atoms with Crippen LogP contribution in [-0.4, -0.2) is 68.7 Å². The number of carboxylic acids is 2. The molecule has 0 bridgehead atoms. The Balaban J connectivity index is 1.36. The van der Waals surface area contributed by atoms with Gasteiger partial charge >= 0.3 is 5.97 Å². The second kappa shape index (κ2) is 9.79. The van der Waals surface area contributed by atoms with E-state index in [2.05, 4.69) is 15.5 Å². The number of carbonyl (C=O) groups is 4. The van der Waals surface area contributed by atoms with Crippen molar-refractivity contribution in [1.82, 2.24) is 15.2 Å². The molecule has 16 heteroatoms. The van der Waals surface area contributed by atoms with E-state index < -0.39 is 35.2 Å². The second-order valence-electron chi connectivity index (χ2n) is 8.15. The molecule has 2 aliphatic heterocycles. The largest absolute Gasteiger partial charge is 0.543 e. The summed E-state index contributed by atoms with van der Waals surface area (Å²) < 4.78 is 6.93. The molecule has 196 valence electrons. The maximum Gasteiger partial charge on any atom is 0.371 e. The molecule has 5 rings (SSSR count). The normalized spacial score (nSPS) is 19.2. The second-order valence-corrected chi connectivity index (χ2v) is 10.1. The number of β-lactam (4-membered cyclic amide) rings is 1. The summed E-state index contributed by atoms with van der Waals surface area (Å²) in [6.45, 7) is 0.0821. The molecule has 0 spiro atoms. The van der Waals surface area contributed by atoms with E-state index in [4.69, 9.17) is 20.1 Å². The van der Waals surface area contributed by atoms with Crippen LogP contribution in [0.3, 0.4) is 0 Å². The molecule has 1 saturated heterocycles. The third-order valence-electron chi connectivity index (χ3n) is 5.79. The van der Waals surface area contributed by atoms with E-state index in [0.717, 1.165) is 16.2 Å². The van der Waals surface area contributed by atoms with Gasteiger partial charge in [-0.25, -0.2) is 9.78 Å². The Morgan fingerprint density at radius 1 is 1.45 bits per heavy atom. The molecular weight excluding hydrogens is 540 g/mol. The number of nitrogens with two attached hydrogens (primary N) is 1. The van der Waals surface area contributed by atoms with Crippen molar-refractivity contribution in [3.05, 3.63) is 52.6 Å². The number of nitrogen functional groups attached to an aromatic ring is 1. The lowest BCUT2D eigenvalue weighted by molar-refractivity contribution is -0.688. The predicted molar refractivity (Wildman–Crippen MR) is 130 cm³/mol. The number of rotatable bonds is 8. The Bertz CT molecular complexity index is 1560. The lowest BCUT2D eigenvalue weighted by Crippen LogP contribution is -2.71. The Kier molecular flexibility index (Phi) is 6.50. The van der Waals surface area contributed by atoms with Crippen LogP contribution in [0, 0.1) is 0 Å². The standard InChI is InChI=1S/C22H18N6O8S2/c1-35-26-14(11-8-38-22(23)24-11)17(29)25-15-18(30)28-16(21(33)34)10(7-37-19(15)28)5-27-3-2-9-4-12(20(31)32)36-13(9)6-27/h2-4,6,8,15,19H,5,7H2,1H3,(H4-,23,24,25,29,31,32,33,34)/t15?,19-/m0/s1. The number of hydrogen-bond donors (Lipinski definition) is 3. The molecule has 1 unspecified atom stereocenters. The highest BCUT2D eigenvalue weighted by atomic mass is 32.2. The van der Waals surface area contributed by atoms with E-state index in [1.54, 1.807) is 23.0 Å². The first kappa shape index (κ1) is 25.2. The number of aliphatic carboxylic acids is 1. The highest BCUT2D eigenvalue weighted by Gasteiger charge is 2.53. The fraction of sp³-hybridized carbons (Fsp3) is 0.227. The zero-order chi connectivity index (χ0) is 27.1. The summed E-state index contributed by atoms with van der Waals surface area (Å²) in [5, 5.41) is 29.1. The van der Waals surface area contributed by atoms with Gasteiger partial charge in [0.1, 0.15) is 24.2 Å². The SMILES string of the molecule is CON=C(C(=O)NC1C(=O)N2C(C(=O)[O-])=C(C[n+]3ccc4cc(C(=O)O)oc4c3)CS[C@@H]12)c1csc(N)n1. The fourth-order valence-electron chi connectivity index (χ4n) is 4.14. The van der Waals surface area contributed by atoms with E-state index in [9.17, 15) is 24.3 Å². The van der Waals surface area contributed by atoms with Crippen molar-refractivity contribution in [2.24, 2.45) is 5.16 Å². The van der Waals surface area contributed by atoms with Gasteiger partial charge in [-0.2, -0.15) is 4.57 Å². The quantitative estimate of drug-likeness (QED) is 0.131. The summed E-state index contributed by atoms with van der Waals surface area (Å²) in [4.78, 5) is 58.9. The van der Waals surface area contributed by atoms with Crippen molar-refractivity contribution >= 4 is 68.7 Å². The number of thiazole rings is 1. The summed E-state index contributed by atoms with van der Waals surface area (Å²) in [5.41, 5.74) is 6.05. The number of aromatic nitrogens is 2. The van der Waals surface area contributed by atoms with Crippen LogP contribution in [0.4, 0.5) is 5.13 Å². The lowest BCUT2D eigenvalue weighted by Gasteiger charge is -2.50. The highest BCUT2D eigenvalue weighted by molar-refractivity contribution is 8.00. The summed E-state index contributed by atoms with van der Waals surface area (Å²) >= 11 is 2.37. The Morgan fingerprint density at radius 2 is 2.24 bits per heavy atom. The number of oxime groups is 1. The molecule has 2 aliphatic rings. The van der Waals surface area contributed by atoms with Crippen molar-refractivity contribution < 1.29 is 43.2 Å². The molecule has 38 heavy (non-hydrogen) atoms. The molecule has 0 radical (unpaired) electrons. The van der Waals surface area contributed by atoms with E-state index in [0.29, 0.717) is 16.5 Å². The van der Waals surface area contributed by atoms with Crippen LogP contribution in [0.5, 0.6) is 0 Å². The molecular formula is C22H18N6O8S2. The maximum absolute atomic E-state index is 13.0. The molecule has 14 nitrogen and oxygen atoms in total. The van der Waals surface area contributed by atoms with Crippen molar-refractivity contribution in [3.8, 4) is 0 Å².